The maximum Gasteiger partial charge on any atom is 0.137 e. The molecule has 0 aliphatic rings. The Morgan fingerprint density at radius 1 is 1.12 bits per heavy atom. The second-order valence-electron chi connectivity index (χ2n) is 5.64. The maximum absolute atomic E-state index is 6.03. The SMILES string of the molecule is Nc1ccc(NCCn2cncn2)c(-c2cccc3cc[nH]c23)c1. The summed E-state index contributed by atoms with van der Waals surface area (Å²) in [6.45, 7) is 1.50. The van der Waals surface area contributed by atoms with Crippen LogP contribution >= 0.6 is 0 Å². The Morgan fingerprint density at radius 2 is 2.08 bits per heavy atom. The largest absolute Gasteiger partial charge is 0.399 e. The summed E-state index contributed by atoms with van der Waals surface area (Å²) in [7, 11) is 0. The lowest BCUT2D eigenvalue weighted by Crippen LogP contribution is -2.11. The zero-order chi connectivity index (χ0) is 16.4. The molecule has 2 aromatic carbocycles. The third kappa shape index (κ3) is 2.69. The molecule has 6 nitrogen and oxygen atoms in total. The Bertz CT molecular complexity index is 955. The molecule has 0 radical (unpaired) electrons. The van der Waals surface area contributed by atoms with Crippen LogP contribution in [0, 0.1) is 0 Å². The number of aromatic nitrogens is 4. The minimum atomic E-state index is 0.746. The van der Waals surface area contributed by atoms with Crippen LogP contribution in [0.2, 0.25) is 0 Å². The smallest absolute Gasteiger partial charge is 0.137 e. The number of hydrogen-bond acceptors (Lipinski definition) is 4. The predicted octanol–water partition coefficient (Wildman–Crippen LogP) is 3.12. The Balaban J connectivity index is 1.67. The van der Waals surface area contributed by atoms with Crippen molar-refractivity contribution in [2.75, 3.05) is 17.6 Å². The molecule has 0 aliphatic carbocycles. The van der Waals surface area contributed by atoms with E-state index in [-0.39, 0.29) is 0 Å². The quantitative estimate of drug-likeness (QED) is 0.494. The molecule has 4 N–H and O–H groups in total. The number of H-pyrrole nitrogens is 1. The van der Waals surface area contributed by atoms with Crippen molar-refractivity contribution in [3.8, 4) is 11.1 Å². The van der Waals surface area contributed by atoms with E-state index >= 15 is 0 Å². The van der Waals surface area contributed by atoms with Crippen LogP contribution < -0.4 is 11.1 Å². The number of hydrogen-bond donors (Lipinski definition) is 3. The highest BCUT2D eigenvalue weighted by atomic mass is 15.3. The van der Waals surface area contributed by atoms with Crippen LogP contribution in [-0.2, 0) is 6.54 Å². The summed E-state index contributed by atoms with van der Waals surface area (Å²) in [5.41, 5.74) is 11.2. The highest BCUT2D eigenvalue weighted by molar-refractivity contribution is 5.98. The lowest BCUT2D eigenvalue weighted by Gasteiger charge is -2.14. The van der Waals surface area contributed by atoms with E-state index in [2.05, 4.69) is 44.6 Å². The molecule has 0 aliphatic heterocycles. The fraction of sp³-hybridized carbons (Fsp3) is 0.111. The van der Waals surface area contributed by atoms with Crippen LogP contribution in [0.4, 0.5) is 11.4 Å². The summed E-state index contributed by atoms with van der Waals surface area (Å²) in [6, 6.07) is 14.3. The van der Waals surface area contributed by atoms with Crippen LogP contribution in [0.1, 0.15) is 0 Å². The van der Waals surface area contributed by atoms with Crippen molar-refractivity contribution in [2.24, 2.45) is 0 Å². The molecule has 0 fully saturated rings. The van der Waals surface area contributed by atoms with Crippen molar-refractivity contribution in [3.05, 3.63) is 61.3 Å². The van der Waals surface area contributed by atoms with E-state index in [1.807, 2.05) is 24.4 Å². The standard InChI is InChI=1S/C18H18N6/c19-14-4-5-17(21-8-9-24-12-20-11-23-24)16(10-14)15-3-1-2-13-6-7-22-18(13)15/h1-7,10-12,21-22H,8-9,19H2. The number of benzene rings is 2. The highest BCUT2D eigenvalue weighted by Crippen LogP contribution is 2.34. The highest BCUT2D eigenvalue weighted by Gasteiger charge is 2.10. The second kappa shape index (κ2) is 6.08. The Morgan fingerprint density at radius 3 is 2.96 bits per heavy atom. The molecule has 2 heterocycles. The van der Waals surface area contributed by atoms with Crippen molar-refractivity contribution in [1.29, 1.82) is 0 Å². The van der Waals surface area contributed by atoms with Gasteiger partial charge in [-0.15, -0.1) is 0 Å². The molecule has 0 unspecified atom stereocenters. The average Bonchev–Trinajstić information content (AvgIpc) is 3.27. The Hall–Kier alpha value is -3.28. The molecule has 0 atom stereocenters. The molecule has 0 saturated heterocycles. The first-order valence-corrected chi connectivity index (χ1v) is 7.83. The van der Waals surface area contributed by atoms with Crippen molar-refractivity contribution in [3.63, 3.8) is 0 Å². The number of fused-ring (bicyclic) bond motifs is 1. The summed E-state index contributed by atoms with van der Waals surface area (Å²) in [4.78, 5) is 7.28. The number of anilines is 2. The number of nitrogens with two attached hydrogens (primary N) is 1. The van der Waals surface area contributed by atoms with Gasteiger partial charge in [-0.25, -0.2) is 4.98 Å². The van der Waals surface area contributed by atoms with E-state index < -0.39 is 0 Å². The van der Waals surface area contributed by atoms with Crippen molar-refractivity contribution in [1.82, 2.24) is 19.7 Å². The average molecular weight is 318 g/mol. The topological polar surface area (TPSA) is 84.5 Å². The van der Waals surface area contributed by atoms with Gasteiger partial charge in [0.15, 0.2) is 0 Å². The summed E-state index contributed by atoms with van der Waals surface area (Å²) >= 11 is 0. The van der Waals surface area contributed by atoms with Crippen molar-refractivity contribution < 1.29 is 0 Å². The predicted molar refractivity (Wildman–Crippen MR) is 96.7 cm³/mol. The molecule has 6 heteroatoms. The third-order valence-electron chi connectivity index (χ3n) is 4.04. The first-order chi connectivity index (χ1) is 11.8. The van der Waals surface area contributed by atoms with Gasteiger partial charge in [0.05, 0.1) is 12.1 Å². The molecule has 4 rings (SSSR count). The zero-order valence-electron chi connectivity index (χ0n) is 13.1. The van der Waals surface area contributed by atoms with E-state index in [0.717, 1.165) is 41.1 Å². The number of rotatable bonds is 5. The van der Waals surface area contributed by atoms with Gasteiger partial charge in [0.1, 0.15) is 12.7 Å². The molecule has 0 amide bonds. The minimum Gasteiger partial charge on any atom is -0.399 e. The van der Waals surface area contributed by atoms with Crippen LogP contribution in [0.15, 0.2) is 61.3 Å². The Labute approximate surface area is 139 Å². The van der Waals surface area contributed by atoms with Gasteiger partial charge in [0.25, 0.3) is 0 Å². The second-order valence-corrected chi connectivity index (χ2v) is 5.64. The summed E-state index contributed by atoms with van der Waals surface area (Å²) < 4.78 is 1.80. The fourth-order valence-electron chi connectivity index (χ4n) is 2.90. The van der Waals surface area contributed by atoms with E-state index in [1.54, 1.807) is 17.3 Å². The van der Waals surface area contributed by atoms with Crippen LogP contribution in [0.5, 0.6) is 0 Å². The summed E-state index contributed by atoms with van der Waals surface area (Å²) in [5, 5.41) is 8.78. The molecular formula is C18H18N6. The van der Waals surface area contributed by atoms with Gasteiger partial charge in [-0.2, -0.15) is 5.10 Å². The number of nitrogens with one attached hydrogen (secondary N) is 2. The summed E-state index contributed by atoms with van der Waals surface area (Å²) in [5.74, 6) is 0. The first kappa shape index (κ1) is 14.3. The lowest BCUT2D eigenvalue weighted by atomic mass is 10.0. The van der Waals surface area contributed by atoms with Crippen LogP contribution in [0.25, 0.3) is 22.0 Å². The minimum absolute atomic E-state index is 0.746. The van der Waals surface area contributed by atoms with Crippen LogP contribution in [-0.4, -0.2) is 26.3 Å². The van der Waals surface area contributed by atoms with Gasteiger partial charge in [-0.1, -0.05) is 18.2 Å². The van der Waals surface area contributed by atoms with E-state index in [0.29, 0.717) is 0 Å². The Kier molecular flexibility index (Phi) is 3.63. The molecule has 24 heavy (non-hydrogen) atoms. The molecule has 4 aromatic rings. The molecule has 0 spiro atoms. The zero-order valence-corrected chi connectivity index (χ0v) is 13.1. The van der Waals surface area contributed by atoms with Gasteiger partial charge >= 0.3 is 0 Å². The van der Waals surface area contributed by atoms with Crippen molar-refractivity contribution in [2.45, 2.75) is 6.54 Å². The van der Waals surface area contributed by atoms with Gasteiger partial charge in [0.2, 0.25) is 0 Å². The molecule has 120 valence electrons. The number of aromatic amines is 1. The fourth-order valence-corrected chi connectivity index (χ4v) is 2.90. The van der Waals surface area contributed by atoms with Crippen molar-refractivity contribution >= 4 is 22.3 Å². The van der Waals surface area contributed by atoms with Gasteiger partial charge in [-0.3, -0.25) is 4.68 Å². The summed E-state index contributed by atoms with van der Waals surface area (Å²) in [6.07, 6.45) is 5.21. The third-order valence-corrected chi connectivity index (χ3v) is 4.04. The normalized spacial score (nSPS) is 11.0. The van der Waals surface area contributed by atoms with E-state index in [4.69, 9.17) is 5.73 Å². The number of nitrogen functional groups attached to an aromatic ring is 1. The van der Waals surface area contributed by atoms with Gasteiger partial charge in [0, 0.05) is 35.2 Å². The molecule has 2 aromatic heterocycles. The van der Waals surface area contributed by atoms with Gasteiger partial charge in [-0.05, 0) is 29.7 Å². The lowest BCUT2D eigenvalue weighted by molar-refractivity contribution is 0.636. The number of para-hydroxylation sites is 1. The first-order valence-electron chi connectivity index (χ1n) is 7.83. The monoisotopic (exact) mass is 318 g/mol. The molecule has 0 saturated carbocycles. The van der Waals surface area contributed by atoms with E-state index in [1.165, 1.54) is 5.39 Å². The molecule has 0 bridgehead atoms. The molecular weight excluding hydrogens is 300 g/mol. The van der Waals surface area contributed by atoms with E-state index in [9.17, 15) is 0 Å². The number of nitrogens with zero attached hydrogens (tertiary/aromatic N) is 3. The van der Waals surface area contributed by atoms with Crippen LogP contribution in [0.3, 0.4) is 0 Å². The maximum atomic E-state index is 6.03. The van der Waals surface area contributed by atoms with Gasteiger partial charge < -0.3 is 16.0 Å².